The van der Waals surface area contributed by atoms with Crippen molar-refractivity contribution in [2.45, 2.75) is 38.7 Å². The quantitative estimate of drug-likeness (QED) is 0.840. The zero-order chi connectivity index (χ0) is 12.3. The molecule has 2 unspecified atom stereocenters. The first-order valence-electron chi connectivity index (χ1n) is 5.77. The first kappa shape index (κ1) is 12.0. The van der Waals surface area contributed by atoms with Gasteiger partial charge in [0.15, 0.2) is 5.82 Å². The molecule has 0 aliphatic heterocycles. The zero-order valence-corrected chi connectivity index (χ0v) is 9.76. The Bertz CT molecular complexity index is 391. The number of aliphatic carboxylic acids is 1. The Labute approximate surface area is 99.0 Å². The topological polar surface area (TPSA) is 85.5 Å². The van der Waals surface area contributed by atoms with Crippen LogP contribution in [0.15, 0.2) is 4.52 Å². The van der Waals surface area contributed by atoms with Crippen molar-refractivity contribution in [2.24, 2.45) is 5.92 Å². The molecule has 1 heterocycles. The highest BCUT2D eigenvalue weighted by Crippen LogP contribution is 2.36. The lowest BCUT2D eigenvalue weighted by atomic mass is 10.1. The van der Waals surface area contributed by atoms with E-state index in [1.807, 2.05) is 0 Å². The lowest BCUT2D eigenvalue weighted by molar-refractivity contribution is -0.142. The van der Waals surface area contributed by atoms with E-state index in [0.717, 1.165) is 18.7 Å². The molecule has 1 N–H and O–H groups in total. The predicted octanol–water partition coefficient (Wildman–Crippen LogP) is 1.57. The van der Waals surface area contributed by atoms with Gasteiger partial charge in [-0.1, -0.05) is 12.1 Å². The number of carboxylic acids is 1. The van der Waals surface area contributed by atoms with Crippen molar-refractivity contribution in [1.29, 1.82) is 0 Å². The SMILES string of the molecule is CC1CCC(c2noc(COCC(=O)O)n2)C1. The number of rotatable bonds is 5. The van der Waals surface area contributed by atoms with Crippen molar-refractivity contribution < 1.29 is 19.2 Å². The molecular weight excluding hydrogens is 224 g/mol. The van der Waals surface area contributed by atoms with Crippen molar-refractivity contribution in [1.82, 2.24) is 10.1 Å². The number of hydrogen-bond donors (Lipinski definition) is 1. The van der Waals surface area contributed by atoms with Gasteiger partial charge in [0.25, 0.3) is 5.89 Å². The lowest BCUT2D eigenvalue weighted by Crippen LogP contribution is -2.06. The van der Waals surface area contributed by atoms with E-state index in [9.17, 15) is 4.79 Å². The van der Waals surface area contributed by atoms with Gasteiger partial charge in [-0.25, -0.2) is 4.79 Å². The summed E-state index contributed by atoms with van der Waals surface area (Å²) < 4.78 is 9.90. The van der Waals surface area contributed by atoms with E-state index in [0.29, 0.717) is 17.7 Å². The van der Waals surface area contributed by atoms with Crippen LogP contribution in [0.4, 0.5) is 0 Å². The fourth-order valence-corrected chi connectivity index (χ4v) is 2.16. The largest absolute Gasteiger partial charge is 0.480 e. The molecule has 0 bridgehead atoms. The molecule has 0 aromatic carbocycles. The van der Waals surface area contributed by atoms with Gasteiger partial charge in [-0.15, -0.1) is 0 Å². The Balaban J connectivity index is 1.85. The Morgan fingerprint density at radius 1 is 1.59 bits per heavy atom. The van der Waals surface area contributed by atoms with Crippen LogP contribution >= 0.6 is 0 Å². The maximum atomic E-state index is 10.2. The monoisotopic (exact) mass is 240 g/mol. The maximum Gasteiger partial charge on any atom is 0.329 e. The van der Waals surface area contributed by atoms with Gasteiger partial charge < -0.3 is 14.4 Å². The number of carboxylic acid groups (broad SMARTS) is 1. The summed E-state index contributed by atoms with van der Waals surface area (Å²) in [6.07, 6.45) is 3.38. The van der Waals surface area contributed by atoms with E-state index in [1.165, 1.54) is 6.42 Å². The van der Waals surface area contributed by atoms with Gasteiger partial charge in [0.1, 0.15) is 13.2 Å². The standard InChI is InChI=1S/C11H16N2O4/c1-7-2-3-8(4-7)11-12-9(17-13-11)5-16-6-10(14)15/h7-8H,2-6H2,1H3,(H,14,15). The Hall–Kier alpha value is -1.43. The van der Waals surface area contributed by atoms with Gasteiger partial charge in [0.05, 0.1) is 0 Å². The van der Waals surface area contributed by atoms with E-state index in [1.54, 1.807) is 0 Å². The summed E-state index contributed by atoms with van der Waals surface area (Å²) in [4.78, 5) is 14.5. The molecule has 6 heteroatoms. The molecule has 2 rings (SSSR count). The third kappa shape index (κ3) is 3.26. The number of aromatic nitrogens is 2. The van der Waals surface area contributed by atoms with E-state index in [4.69, 9.17) is 14.4 Å². The molecule has 17 heavy (non-hydrogen) atoms. The van der Waals surface area contributed by atoms with Crippen molar-refractivity contribution in [3.05, 3.63) is 11.7 Å². The zero-order valence-electron chi connectivity index (χ0n) is 9.76. The second-order valence-corrected chi connectivity index (χ2v) is 4.55. The van der Waals surface area contributed by atoms with Crippen LogP contribution in [-0.2, 0) is 16.1 Å². The van der Waals surface area contributed by atoms with Gasteiger partial charge in [-0.05, 0) is 25.2 Å². The maximum absolute atomic E-state index is 10.2. The first-order valence-corrected chi connectivity index (χ1v) is 5.77. The lowest BCUT2D eigenvalue weighted by Gasteiger charge is -2.01. The van der Waals surface area contributed by atoms with Crippen molar-refractivity contribution in [3.8, 4) is 0 Å². The third-order valence-electron chi connectivity index (χ3n) is 2.99. The van der Waals surface area contributed by atoms with Gasteiger partial charge in [-0.2, -0.15) is 4.98 Å². The molecule has 1 aliphatic rings. The average molecular weight is 240 g/mol. The Kier molecular flexibility index (Phi) is 3.73. The summed E-state index contributed by atoms with van der Waals surface area (Å²) in [5.41, 5.74) is 0. The third-order valence-corrected chi connectivity index (χ3v) is 2.99. The Morgan fingerprint density at radius 3 is 3.06 bits per heavy atom. The smallest absolute Gasteiger partial charge is 0.329 e. The minimum absolute atomic E-state index is 0.0571. The van der Waals surface area contributed by atoms with Crippen LogP contribution in [0.1, 0.15) is 43.8 Å². The summed E-state index contributed by atoms with van der Waals surface area (Å²) >= 11 is 0. The number of hydrogen-bond acceptors (Lipinski definition) is 5. The molecule has 6 nitrogen and oxygen atoms in total. The van der Waals surface area contributed by atoms with E-state index < -0.39 is 5.97 Å². The normalized spacial score (nSPS) is 24.1. The average Bonchev–Trinajstić information content (AvgIpc) is 2.86. The van der Waals surface area contributed by atoms with Crippen molar-refractivity contribution >= 4 is 5.97 Å². The number of ether oxygens (including phenoxy) is 1. The van der Waals surface area contributed by atoms with Crippen molar-refractivity contribution in [3.63, 3.8) is 0 Å². The molecule has 0 radical (unpaired) electrons. The first-order chi connectivity index (χ1) is 8.15. The molecule has 1 aliphatic carbocycles. The highest BCUT2D eigenvalue weighted by Gasteiger charge is 2.26. The molecule has 0 saturated heterocycles. The van der Waals surface area contributed by atoms with Crippen molar-refractivity contribution in [2.75, 3.05) is 6.61 Å². The van der Waals surface area contributed by atoms with Crippen LogP contribution in [0.5, 0.6) is 0 Å². The number of carbonyl (C=O) groups is 1. The Morgan fingerprint density at radius 2 is 2.41 bits per heavy atom. The molecule has 1 aromatic rings. The summed E-state index contributed by atoms with van der Waals surface area (Å²) in [7, 11) is 0. The predicted molar refractivity (Wildman–Crippen MR) is 57.3 cm³/mol. The van der Waals surface area contributed by atoms with Crippen LogP contribution in [0.25, 0.3) is 0 Å². The minimum Gasteiger partial charge on any atom is -0.480 e. The molecule has 0 amide bonds. The summed E-state index contributed by atoms with van der Waals surface area (Å²) in [6.45, 7) is 1.93. The van der Waals surface area contributed by atoms with Crippen LogP contribution in [0.3, 0.4) is 0 Å². The van der Waals surface area contributed by atoms with Gasteiger partial charge in [0.2, 0.25) is 0 Å². The van der Waals surface area contributed by atoms with Gasteiger partial charge >= 0.3 is 5.97 Å². The highest BCUT2D eigenvalue weighted by atomic mass is 16.5. The summed E-state index contributed by atoms with van der Waals surface area (Å²) in [6, 6.07) is 0. The van der Waals surface area contributed by atoms with Gasteiger partial charge in [0, 0.05) is 5.92 Å². The van der Waals surface area contributed by atoms with E-state index >= 15 is 0 Å². The van der Waals surface area contributed by atoms with Crippen LogP contribution < -0.4 is 0 Å². The molecule has 1 aromatic heterocycles. The van der Waals surface area contributed by atoms with Crippen LogP contribution in [0, 0.1) is 5.92 Å². The van der Waals surface area contributed by atoms with Gasteiger partial charge in [-0.3, -0.25) is 0 Å². The molecular formula is C11H16N2O4. The molecule has 1 fully saturated rings. The molecule has 94 valence electrons. The molecule has 2 atom stereocenters. The van der Waals surface area contributed by atoms with Crippen LogP contribution in [-0.4, -0.2) is 27.8 Å². The fourth-order valence-electron chi connectivity index (χ4n) is 2.16. The summed E-state index contributed by atoms with van der Waals surface area (Å²) in [5.74, 6) is 1.16. The minimum atomic E-state index is -1.01. The van der Waals surface area contributed by atoms with Crippen LogP contribution in [0.2, 0.25) is 0 Å². The second kappa shape index (κ2) is 5.27. The van der Waals surface area contributed by atoms with E-state index in [-0.39, 0.29) is 13.2 Å². The van der Waals surface area contributed by atoms with E-state index in [2.05, 4.69) is 17.1 Å². The number of nitrogens with zero attached hydrogens (tertiary/aromatic N) is 2. The molecule has 0 spiro atoms. The second-order valence-electron chi connectivity index (χ2n) is 4.55. The molecule has 1 saturated carbocycles. The summed E-state index contributed by atoms with van der Waals surface area (Å²) in [5, 5.41) is 12.3. The fraction of sp³-hybridized carbons (Fsp3) is 0.727. The highest BCUT2D eigenvalue weighted by molar-refractivity contribution is 5.67.